The molecule has 4 atom stereocenters. The molecule has 1 heterocycles. The number of aliphatic hydroxyl groups is 1. The topological polar surface area (TPSA) is 224 Å². The van der Waals surface area contributed by atoms with Crippen LogP contribution in [0.4, 0.5) is 0 Å². The molecule has 9 N–H and O–H groups in total. The highest BCUT2D eigenvalue weighted by Gasteiger charge is 2.31. The summed E-state index contributed by atoms with van der Waals surface area (Å²) in [6.07, 6.45) is 0.838. The molecule has 3 amide bonds. The lowest BCUT2D eigenvalue weighted by Gasteiger charge is -2.23. The van der Waals surface area contributed by atoms with Gasteiger partial charge < -0.3 is 42.0 Å². The molecule has 4 unspecified atom stereocenters. The Morgan fingerprint density at radius 1 is 0.775 bits per heavy atom. The Balaban J connectivity index is 1.65. The SMILES string of the molecule is NC(Cc1ccccc1)C(=O)NC(CC(=O)O)C(=O)NC(CO)C(=O)NC(Cc1c[nH]c2ccccc12)C(=O)O. The molecule has 13 nitrogen and oxygen atoms in total. The number of aliphatic carboxylic acids is 2. The van der Waals surface area contributed by atoms with Crippen LogP contribution in [0.15, 0.2) is 60.8 Å². The maximum atomic E-state index is 12.8. The van der Waals surface area contributed by atoms with Crippen LogP contribution in [0.25, 0.3) is 10.9 Å². The van der Waals surface area contributed by atoms with E-state index in [1.54, 1.807) is 48.7 Å². The average Bonchev–Trinajstić information content (AvgIpc) is 3.33. The molecule has 40 heavy (non-hydrogen) atoms. The van der Waals surface area contributed by atoms with E-state index in [2.05, 4.69) is 20.9 Å². The fourth-order valence-electron chi connectivity index (χ4n) is 4.08. The maximum Gasteiger partial charge on any atom is 0.326 e. The zero-order chi connectivity index (χ0) is 29.2. The van der Waals surface area contributed by atoms with Crippen LogP contribution in [0, 0.1) is 0 Å². The second-order valence-electron chi connectivity index (χ2n) is 9.16. The van der Waals surface area contributed by atoms with Crippen molar-refractivity contribution in [2.75, 3.05) is 6.61 Å². The van der Waals surface area contributed by atoms with Gasteiger partial charge in [-0.3, -0.25) is 19.2 Å². The van der Waals surface area contributed by atoms with Crippen molar-refractivity contribution in [1.29, 1.82) is 0 Å². The number of benzene rings is 2. The molecule has 0 aliphatic rings. The van der Waals surface area contributed by atoms with Gasteiger partial charge >= 0.3 is 11.9 Å². The number of aliphatic hydroxyl groups excluding tert-OH is 1. The number of fused-ring (bicyclic) bond motifs is 1. The summed E-state index contributed by atoms with van der Waals surface area (Å²) in [5.74, 6) is -5.62. The zero-order valence-electron chi connectivity index (χ0n) is 21.4. The summed E-state index contributed by atoms with van der Waals surface area (Å²) < 4.78 is 0. The Kier molecular flexibility index (Phi) is 10.3. The van der Waals surface area contributed by atoms with Gasteiger partial charge in [0.25, 0.3) is 0 Å². The molecule has 3 rings (SSSR count). The second kappa shape index (κ2) is 13.9. The Labute approximate surface area is 228 Å². The number of carboxylic acid groups (broad SMARTS) is 2. The standard InChI is InChI=1S/C27H31N5O8/c28-18(10-15-6-2-1-3-7-15)24(36)30-20(12-23(34)35)25(37)32-22(14-33)26(38)31-21(27(39)40)11-16-13-29-19-9-5-4-8-17(16)19/h1-9,13,18,20-22,29,33H,10-12,14,28H2,(H,30,36)(H,31,38)(H,32,37)(H,34,35)(H,39,40). The number of rotatable bonds is 14. The van der Waals surface area contributed by atoms with E-state index in [-0.39, 0.29) is 12.8 Å². The summed E-state index contributed by atoms with van der Waals surface area (Å²) in [5, 5.41) is 36.2. The summed E-state index contributed by atoms with van der Waals surface area (Å²) >= 11 is 0. The van der Waals surface area contributed by atoms with Gasteiger partial charge in [0.2, 0.25) is 17.7 Å². The summed E-state index contributed by atoms with van der Waals surface area (Å²) in [6, 6.07) is 10.3. The average molecular weight is 554 g/mol. The zero-order valence-corrected chi connectivity index (χ0v) is 21.4. The number of hydrogen-bond donors (Lipinski definition) is 8. The van der Waals surface area contributed by atoms with Gasteiger partial charge in [-0.2, -0.15) is 0 Å². The summed E-state index contributed by atoms with van der Waals surface area (Å²) in [5.41, 5.74) is 8.09. The molecule has 0 bridgehead atoms. The molecule has 3 aromatic rings. The first-order valence-electron chi connectivity index (χ1n) is 12.4. The van der Waals surface area contributed by atoms with Crippen LogP contribution in [-0.4, -0.2) is 80.7 Å². The van der Waals surface area contributed by atoms with Crippen LogP contribution in [0.5, 0.6) is 0 Å². The minimum absolute atomic E-state index is 0.0891. The number of amides is 3. The lowest BCUT2D eigenvalue weighted by atomic mass is 10.0. The molecule has 0 saturated carbocycles. The molecule has 212 valence electrons. The predicted molar refractivity (Wildman–Crippen MR) is 143 cm³/mol. The number of aromatic nitrogens is 1. The molecule has 0 radical (unpaired) electrons. The molecule has 0 aliphatic heterocycles. The highest BCUT2D eigenvalue weighted by molar-refractivity contribution is 5.96. The van der Waals surface area contributed by atoms with E-state index < -0.39 is 66.9 Å². The van der Waals surface area contributed by atoms with Gasteiger partial charge in [-0.05, 0) is 23.6 Å². The van der Waals surface area contributed by atoms with Crippen molar-refractivity contribution in [3.8, 4) is 0 Å². The number of H-pyrrole nitrogens is 1. The third-order valence-electron chi connectivity index (χ3n) is 6.18. The van der Waals surface area contributed by atoms with Crippen molar-refractivity contribution in [1.82, 2.24) is 20.9 Å². The van der Waals surface area contributed by atoms with E-state index in [1.807, 2.05) is 12.1 Å². The van der Waals surface area contributed by atoms with Crippen molar-refractivity contribution >= 4 is 40.6 Å². The van der Waals surface area contributed by atoms with Crippen molar-refractivity contribution in [2.45, 2.75) is 43.4 Å². The quantitative estimate of drug-likeness (QED) is 0.126. The fraction of sp³-hybridized carbons (Fsp3) is 0.296. The first-order chi connectivity index (χ1) is 19.1. The summed E-state index contributed by atoms with van der Waals surface area (Å²) in [6.45, 7) is -0.918. The molecule has 0 aliphatic carbocycles. The van der Waals surface area contributed by atoms with Gasteiger partial charge in [0.15, 0.2) is 0 Å². The van der Waals surface area contributed by atoms with E-state index in [0.717, 1.165) is 16.5 Å². The lowest BCUT2D eigenvalue weighted by Crippen LogP contribution is -2.58. The predicted octanol–water partition coefficient (Wildman–Crippen LogP) is -0.714. The van der Waals surface area contributed by atoms with Gasteiger partial charge in [0, 0.05) is 23.5 Å². The van der Waals surface area contributed by atoms with Crippen LogP contribution in [0.1, 0.15) is 17.5 Å². The van der Waals surface area contributed by atoms with Crippen molar-refractivity contribution in [3.05, 3.63) is 71.9 Å². The van der Waals surface area contributed by atoms with Crippen molar-refractivity contribution < 1.29 is 39.3 Å². The normalized spacial score (nSPS) is 13.9. The highest BCUT2D eigenvalue weighted by Crippen LogP contribution is 2.19. The van der Waals surface area contributed by atoms with Crippen LogP contribution >= 0.6 is 0 Å². The third kappa shape index (κ3) is 8.12. The molecule has 2 aromatic carbocycles. The Morgan fingerprint density at radius 2 is 1.38 bits per heavy atom. The maximum absolute atomic E-state index is 12.8. The Morgan fingerprint density at radius 3 is 2.02 bits per heavy atom. The van der Waals surface area contributed by atoms with E-state index in [0.29, 0.717) is 5.56 Å². The van der Waals surface area contributed by atoms with Gasteiger partial charge in [0.05, 0.1) is 19.1 Å². The van der Waals surface area contributed by atoms with Gasteiger partial charge in [0.1, 0.15) is 18.1 Å². The smallest absolute Gasteiger partial charge is 0.326 e. The van der Waals surface area contributed by atoms with Crippen LogP contribution in [-0.2, 0) is 36.8 Å². The first kappa shape index (κ1) is 29.8. The van der Waals surface area contributed by atoms with Crippen LogP contribution in [0.3, 0.4) is 0 Å². The Hall–Kier alpha value is -4.75. The molecular weight excluding hydrogens is 522 g/mol. The van der Waals surface area contributed by atoms with E-state index in [1.165, 1.54) is 0 Å². The van der Waals surface area contributed by atoms with E-state index in [9.17, 15) is 39.3 Å². The van der Waals surface area contributed by atoms with Gasteiger partial charge in [-0.25, -0.2) is 4.79 Å². The van der Waals surface area contributed by atoms with E-state index in [4.69, 9.17) is 5.73 Å². The molecule has 0 saturated heterocycles. The molecule has 13 heteroatoms. The number of carbonyl (C=O) groups is 5. The van der Waals surface area contributed by atoms with Crippen LogP contribution in [0.2, 0.25) is 0 Å². The summed E-state index contributed by atoms with van der Waals surface area (Å²) in [7, 11) is 0. The van der Waals surface area contributed by atoms with Crippen molar-refractivity contribution in [2.24, 2.45) is 5.73 Å². The van der Waals surface area contributed by atoms with Crippen LogP contribution < -0.4 is 21.7 Å². The number of hydrogen-bond acceptors (Lipinski definition) is 7. The molecule has 0 spiro atoms. The monoisotopic (exact) mass is 553 g/mol. The number of carboxylic acids is 2. The molecular formula is C27H31N5O8. The van der Waals surface area contributed by atoms with E-state index >= 15 is 0 Å². The highest BCUT2D eigenvalue weighted by atomic mass is 16.4. The number of nitrogens with one attached hydrogen (secondary N) is 4. The largest absolute Gasteiger partial charge is 0.481 e. The molecule has 0 fully saturated rings. The van der Waals surface area contributed by atoms with Gasteiger partial charge in [-0.1, -0.05) is 48.5 Å². The van der Waals surface area contributed by atoms with Gasteiger partial charge in [-0.15, -0.1) is 0 Å². The lowest BCUT2D eigenvalue weighted by molar-refractivity contribution is -0.143. The fourth-order valence-corrected chi connectivity index (χ4v) is 4.08. The molecule has 1 aromatic heterocycles. The Bertz CT molecular complexity index is 1360. The number of aromatic amines is 1. The number of para-hydroxylation sites is 1. The number of carbonyl (C=O) groups excluding carboxylic acids is 3. The second-order valence-corrected chi connectivity index (χ2v) is 9.16. The first-order valence-corrected chi connectivity index (χ1v) is 12.4. The minimum Gasteiger partial charge on any atom is -0.481 e. The third-order valence-corrected chi connectivity index (χ3v) is 6.18. The number of nitrogens with two attached hydrogens (primary N) is 1. The minimum atomic E-state index is -1.62. The summed E-state index contributed by atoms with van der Waals surface area (Å²) in [4.78, 5) is 64.5. The van der Waals surface area contributed by atoms with Crippen molar-refractivity contribution in [3.63, 3.8) is 0 Å².